The zero-order valence-electron chi connectivity index (χ0n) is 34.5. The number of amides is 1. The third-order valence-corrected chi connectivity index (χ3v) is 10.5. The molecule has 1 fully saturated rings. The van der Waals surface area contributed by atoms with Gasteiger partial charge in [-0.2, -0.15) is 0 Å². The van der Waals surface area contributed by atoms with Crippen LogP contribution >= 0.6 is 0 Å². The van der Waals surface area contributed by atoms with E-state index in [0.29, 0.717) is 12.8 Å². The van der Waals surface area contributed by atoms with Crippen LogP contribution in [-0.4, -0.2) is 87.5 Å². The first kappa shape index (κ1) is 50.4. The first-order valence-electron chi connectivity index (χ1n) is 22.2. The van der Waals surface area contributed by atoms with Gasteiger partial charge in [0.25, 0.3) is 0 Å². The molecule has 1 rings (SSSR count). The minimum absolute atomic E-state index is 0.156. The molecule has 1 heterocycles. The number of rotatable bonds is 36. The van der Waals surface area contributed by atoms with Crippen molar-refractivity contribution in [3.8, 4) is 0 Å². The third kappa shape index (κ3) is 26.3. The van der Waals surface area contributed by atoms with Crippen molar-refractivity contribution in [2.24, 2.45) is 0 Å². The molecule has 9 nitrogen and oxygen atoms in total. The lowest BCUT2D eigenvalue weighted by molar-refractivity contribution is -0.302. The molecule has 316 valence electrons. The summed E-state index contributed by atoms with van der Waals surface area (Å²) in [7, 11) is 0. The van der Waals surface area contributed by atoms with Crippen molar-refractivity contribution in [3.05, 3.63) is 36.5 Å². The number of aliphatic hydroxyl groups is 5. The van der Waals surface area contributed by atoms with Crippen molar-refractivity contribution in [3.63, 3.8) is 0 Å². The van der Waals surface area contributed by atoms with Crippen LogP contribution in [-0.2, 0) is 14.3 Å². The average molecular weight is 766 g/mol. The molecule has 0 aliphatic carbocycles. The Hall–Kier alpha value is -1.59. The normalized spacial score (nSPS) is 21.8. The summed E-state index contributed by atoms with van der Waals surface area (Å²) in [5.41, 5.74) is 0. The summed E-state index contributed by atoms with van der Waals surface area (Å²) in [6.45, 7) is 3.77. The second-order valence-corrected chi connectivity index (χ2v) is 15.5. The predicted octanol–water partition coefficient (Wildman–Crippen LogP) is 8.89. The highest BCUT2D eigenvalue weighted by molar-refractivity contribution is 5.76. The highest BCUT2D eigenvalue weighted by atomic mass is 16.7. The fourth-order valence-corrected chi connectivity index (χ4v) is 6.83. The number of aliphatic hydroxyl groups excluding tert-OH is 5. The zero-order valence-corrected chi connectivity index (χ0v) is 34.5. The summed E-state index contributed by atoms with van der Waals surface area (Å²) in [5.74, 6) is -0.169. The highest BCUT2D eigenvalue weighted by Crippen LogP contribution is 2.23. The van der Waals surface area contributed by atoms with E-state index in [9.17, 15) is 30.3 Å². The Morgan fingerprint density at radius 2 is 1.09 bits per heavy atom. The summed E-state index contributed by atoms with van der Waals surface area (Å²) < 4.78 is 11.2. The molecule has 7 atom stereocenters. The number of allylic oxidation sites excluding steroid dienone is 6. The van der Waals surface area contributed by atoms with Gasteiger partial charge in [-0.3, -0.25) is 4.79 Å². The maximum Gasteiger partial charge on any atom is 0.220 e. The Bertz CT molecular complexity index is 941. The number of carbonyl (C=O) groups is 1. The van der Waals surface area contributed by atoms with Gasteiger partial charge in [0.1, 0.15) is 24.4 Å². The smallest absolute Gasteiger partial charge is 0.220 e. The van der Waals surface area contributed by atoms with Crippen LogP contribution in [0.15, 0.2) is 36.5 Å². The van der Waals surface area contributed by atoms with Crippen LogP contribution in [0.1, 0.15) is 187 Å². The second-order valence-electron chi connectivity index (χ2n) is 15.5. The summed E-state index contributed by atoms with van der Waals surface area (Å²) in [6.07, 6.45) is 35.7. The van der Waals surface area contributed by atoms with E-state index >= 15 is 0 Å². The van der Waals surface area contributed by atoms with Gasteiger partial charge in [0.15, 0.2) is 6.29 Å². The molecule has 0 aromatic rings. The maximum absolute atomic E-state index is 12.9. The van der Waals surface area contributed by atoms with Gasteiger partial charge in [0.2, 0.25) is 5.91 Å². The molecule has 0 radical (unpaired) electrons. The largest absolute Gasteiger partial charge is 0.394 e. The Kier molecular flexibility index (Phi) is 33.4. The van der Waals surface area contributed by atoms with Crippen molar-refractivity contribution in [2.75, 3.05) is 13.2 Å². The number of carbonyl (C=O) groups excluding carboxylic acids is 1. The van der Waals surface area contributed by atoms with Gasteiger partial charge >= 0.3 is 0 Å². The molecule has 1 amide bonds. The molecule has 1 aliphatic heterocycles. The topological polar surface area (TPSA) is 149 Å². The van der Waals surface area contributed by atoms with Crippen LogP contribution < -0.4 is 5.32 Å². The standard InChI is InChI=1S/C45H83NO8/c1-3-5-7-9-11-13-15-17-19-21-22-24-26-28-30-32-34-39(48)38(37-53-45-44(52)43(51)42(50)40(36-47)54-45)46-41(49)35-33-31-29-27-25-23-20-18-16-14-12-10-8-6-4-2/h12,14,18,20,24,26,38-40,42-45,47-48,50-52H,3-11,13,15-17,19,21-23,25,27-37H2,1-2H3,(H,46,49)/b14-12+,20-18+,26-24+/t38-,39+,40+,42+,43?,44?,45+/m0/s1. The summed E-state index contributed by atoms with van der Waals surface area (Å²) >= 11 is 0. The van der Waals surface area contributed by atoms with E-state index in [1.165, 1.54) is 89.9 Å². The van der Waals surface area contributed by atoms with Gasteiger partial charge in [-0.15, -0.1) is 0 Å². The minimum Gasteiger partial charge on any atom is -0.394 e. The van der Waals surface area contributed by atoms with Crippen LogP contribution in [0.3, 0.4) is 0 Å². The van der Waals surface area contributed by atoms with Crippen molar-refractivity contribution >= 4 is 5.91 Å². The van der Waals surface area contributed by atoms with E-state index in [4.69, 9.17) is 9.47 Å². The predicted molar refractivity (Wildman–Crippen MR) is 221 cm³/mol. The zero-order chi connectivity index (χ0) is 39.5. The van der Waals surface area contributed by atoms with E-state index < -0.39 is 49.5 Å². The molecule has 6 N–H and O–H groups in total. The molecular formula is C45H83NO8. The van der Waals surface area contributed by atoms with Gasteiger partial charge in [-0.25, -0.2) is 0 Å². The van der Waals surface area contributed by atoms with Gasteiger partial charge in [-0.1, -0.05) is 147 Å². The average Bonchev–Trinajstić information content (AvgIpc) is 3.17. The Morgan fingerprint density at radius 3 is 1.65 bits per heavy atom. The molecule has 0 bridgehead atoms. The van der Waals surface area contributed by atoms with E-state index in [-0.39, 0.29) is 12.5 Å². The van der Waals surface area contributed by atoms with Crippen LogP contribution in [0.25, 0.3) is 0 Å². The monoisotopic (exact) mass is 766 g/mol. The van der Waals surface area contributed by atoms with E-state index in [1.807, 2.05) is 0 Å². The van der Waals surface area contributed by atoms with Crippen molar-refractivity contribution in [1.29, 1.82) is 0 Å². The number of ether oxygens (including phenoxy) is 2. The number of hydrogen-bond donors (Lipinski definition) is 6. The lowest BCUT2D eigenvalue weighted by Crippen LogP contribution is -2.60. The second kappa shape index (κ2) is 35.8. The SMILES string of the molecule is CCCCC/C=C/C/C=C/CCCCCCCC(=O)N[C@@H](CO[C@@H]1O[C@H](CO)[C@@H](O)C(O)C1O)[C@H](O)CCCC/C=C/CCCCCCCCCCCC. The molecule has 0 aromatic carbocycles. The molecule has 2 unspecified atom stereocenters. The first-order valence-corrected chi connectivity index (χ1v) is 22.2. The summed E-state index contributed by atoms with van der Waals surface area (Å²) in [5, 5.41) is 54.2. The minimum atomic E-state index is -1.56. The maximum atomic E-state index is 12.9. The molecule has 0 spiro atoms. The van der Waals surface area contributed by atoms with Crippen LogP contribution in [0.2, 0.25) is 0 Å². The quantitative estimate of drug-likeness (QED) is 0.0274. The molecule has 0 saturated carbocycles. The van der Waals surface area contributed by atoms with Crippen LogP contribution in [0, 0.1) is 0 Å². The Labute approximate surface area is 330 Å². The lowest BCUT2D eigenvalue weighted by atomic mass is 9.99. The number of unbranched alkanes of at least 4 members (excludes halogenated alkanes) is 20. The third-order valence-electron chi connectivity index (χ3n) is 10.5. The molecular weight excluding hydrogens is 682 g/mol. The van der Waals surface area contributed by atoms with E-state index in [0.717, 1.165) is 70.6 Å². The lowest BCUT2D eigenvalue weighted by Gasteiger charge is -2.40. The van der Waals surface area contributed by atoms with Gasteiger partial charge < -0.3 is 40.3 Å². The van der Waals surface area contributed by atoms with Crippen molar-refractivity contribution in [1.82, 2.24) is 5.32 Å². The van der Waals surface area contributed by atoms with Crippen LogP contribution in [0.4, 0.5) is 0 Å². The summed E-state index contributed by atoms with van der Waals surface area (Å²) in [4.78, 5) is 12.9. The summed E-state index contributed by atoms with van der Waals surface area (Å²) in [6, 6.07) is -0.741. The molecule has 9 heteroatoms. The molecule has 1 saturated heterocycles. The van der Waals surface area contributed by atoms with Gasteiger partial charge in [0, 0.05) is 6.42 Å². The van der Waals surface area contributed by atoms with Crippen molar-refractivity contribution in [2.45, 2.75) is 230 Å². The molecule has 54 heavy (non-hydrogen) atoms. The fraction of sp³-hybridized carbons (Fsp3) is 0.844. The Balaban J connectivity index is 2.39. The number of nitrogens with one attached hydrogen (secondary N) is 1. The van der Waals surface area contributed by atoms with Crippen LogP contribution in [0.5, 0.6) is 0 Å². The highest BCUT2D eigenvalue weighted by Gasteiger charge is 2.44. The fourth-order valence-electron chi connectivity index (χ4n) is 6.83. The Morgan fingerprint density at radius 1 is 0.630 bits per heavy atom. The molecule has 1 aliphatic rings. The van der Waals surface area contributed by atoms with E-state index in [2.05, 4.69) is 55.6 Å². The van der Waals surface area contributed by atoms with Crippen molar-refractivity contribution < 1.29 is 39.8 Å². The van der Waals surface area contributed by atoms with E-state index in [1.54, 1.807) is 0 Å². The molecule has 0 aromatic heterocycles. The van der Waals surface area contributed by atoms with Gasteiger partial charge in [-0.05, 0) is 70.6 Å². The number of hydrogen-bond acceptors (Lipinski definition) is 8. The van der Waals surface area contributed by atoms with Gasteiger partial charge in [0.05, 0.1) is 25.4 Å². The first-order chi connectivity index (χ1) is 26.3.